The Morgan fingerprint density at radius 2 is 2.16 bits per heavy atom. The molecule has 100 valence electrons. The van der Waals surface area contributed by atoms with E-state index in [2.05, 4.69) is 5.10 Å². The Labute approximate surface area is 110 Å². The molecule has 6 heteroatoms. The van der Waals surface area contributed by atoms with E-state index in [0.29, 0.717) is 11.4 Å². The molecule has 19 heavy (non-hydrogen) atoms. The maximum atomic E-state index is 12.0. The van der Waals surface area contributed by atoms with Gasteiger partial charge in [0.25, 0.3) is 5.56 Å². The Hall–Kier alpha value is -2.37. The summed E-state index contributed by atoms with van der Waals surface area (Å²) in [6, 6.07) is 4.98. The first kappa shape index (κ1) is 13.1. The molecule has 2 aromatic rings. The largest absolute Gasteiger partial charge is 0.376 e. The first-order valence-electron chi connectivity index (χ1n) is 5.88. The summed E-state index contributed by atoms with van der Waals surface area (Å²) in [5, 5.41) is 4.01. The Balaban J connectivity index is 2.23. The Bertz CT molecular complexity index is 655. The van der Waals surface area contributed by atoms with E-state index in [0.717, 1.165) is 0 Å². The zero-order valence-electron chi connectivity index (χ0n) is 11.2. The topological polar surface area (TPSA) is 60.1 Å². The molecule has 0 aliphatic rings. The molecule has 0 radical (unpaired) electrons. The number of aryl methyl sites for hydroxylation is 1. The Morgan fingerprint density at radius 3 is 2.68 bits per heavy atom. The van der Waals surface area contributed by atoms with E-state index in [1.807, 2.05) is 14.1 Å². The van der Waals surface area contributed by atoms with Crippen molar-refractivity contribution >= 4 is 11.5 Å². The van der Waals surface area contributed by atoms with Crippen LogP contribution in [0.5, 0.6) is 0 Å². The van der Waals surface area contributed by atoms with Gasteiger partial charge < -0.3 is 9.47 Å². The van der Waals surface area contributed by atoms with Crippen molar-refractivity contribution in [1.29, 1.82) is 0 Å². The van der Waals surface area contributed by atoms with Gasteiger partial charge in [0.15, 0.2) is 0 Å². The smallest absolute Gasteiger partial charge is 0.269 e. The van der Waals surface area contributed by atoms with E-state index >= 15 is 0 Å². The molecule has 0 fully saturated rings. The molecule has 0 saturated heterocycles. The number of anilines is 1. The van der Waals surface area contributed by atoms with Gasteiger partial charge in [-0.05, 0) is 12.1 Å². The molecule has 0 spiro atoms. The number of carbonyl (C=O) groups is 1. The van der Waals surface area contributed by atoms with Crippen LogP contribution in [0.25, 0.3) is 0 Å². The summed E-state index contributed by atoms with van der Waals surface area (Å²) in [6.07, 6.45) is 3.36. The third-order valence-corrected chi connectivity index (χ3v) is 2.89. The zero-order chi connectivity index (χ0) is 14.0. The number of nitrogens with zero attached hydrogens (tertiary/aromatic N) is 4. The lowest BCUT2D eigenvalue weighted by atomic mass is 10.3. The highest BCUT2D eigenvalue weighted by molar-refractivity contribution is 5.94. The number of aromatic nitrogens is 3. The second-order valence-corrected chi connectivity index (χ2v) is 4.53. The zero-order valence-corrected chi connectivity index (χ0v) is 11.2. The number of rotatable bonds is 4. The minimum absolute atomic E-state index is 0.0512. The molecule has 0 amide bonds. The molecule has 0 aliphatic heterocycles. The van der Waals surface area contributed by atoms with E-state index < -0.39 is 0 Å². The Morgan fingerprint density at radius 1 is 1.42 bits per heavy atom. The van der Waals surface area contributed by atoms with E-state index in [1.165, 1.54) is 10.7 Å². The van der Waals surface area contributed by atoms with Gasteiger partial charge in [0.2, 0.25) is 5.78 Å². The third-order valence-electron chi connectivity index (χ3n) is 2.89. The van der Waals surface area contributed by atoms with Gasteiger partial charge in [0, 0.05) is 33.4 Å². The lowest BCUT2D eigenvalue weighted by Crippen LogP contribution is -2.28. The second kappa shape index (κ2) is 5.09. The van der Waals surface area contributed by atoms with Crippen LogP contribution in [0.15, 0.2) is 35.4 Å². The third kappa shape index (κ3) is 2.73. The molecule has 0 aromatic carbocycles. The van der Waals surface area contributed by atoms with Crippen LogP contribution >= 0.6 is 0 Å². The maximum Gasteiger partial charge on any atom is 0.269 e. The number of hydrogen-bond acceptors (Lipinski definition) is 4. The van der Waals surface area contributed by atoms with Crippen molar-refractivity contribution in [3.8, 4) is 0 Å². The van der Waals surface area contributed by atoms with Gasteiger partial charge >= 0.3 is 0 Å². The van der Waals surface area contributed by atoms with Crippen molar-refractivity contribution in [3.63, 3.8) is 0 Å². The van der Waals surface area contributed by atoms with Gasteiger partial charge in [-0.2, -0.15) is 5.10 Å². The van der Waals surface area contributed by atoms with Crippen molar-refractivity contribution in [2.75, 3.05) is 19.0 Å². The van der Waals surface area contributed by atoms with Gasteiger partial charge in [0.1, 0.15) is 6.54 Å². The summed E-state index contributed by atoms with van der Waals surface area (Å²) >= 11 is 0. The maximum absolute atomic E-state index is 12.0. The molecule has 2 heterocycles. The van der Waals surface area contributed by atoms with Gasteiger partial charge in [-0.25, -0.2) is 4.68 Å². The van der Waals surface area contributed by atoms with E-state index in [1.54, 1.807) is 41.0 Å². The van der Waals surface area contributed by atoms with Crippen LogP contribution in [0.1, 0.15) is 10.5 Å². The summed E-state index contributed by atoms with van der Waals surface area (Å²) in [5.74, 6) is -0.139. The number of ketones is 1. The first-order chi connectivity index (χ1) is 8.99. The fourth-order valence-corrected chi connectivity index (χ4v) is 1.76. The number of carbonyl (C=O) groups excluding carboxylic acids is 1. The molecule has 2 aromatic heterocycles. The lowest BCUT2D eigenvalue weighted by Gasteiger charge is -2.12. The van der Waals surface area contributed by atoms with Crippen molar-refractivity contribution < 1.29 is 4.79 Å². The minimum atomic E-state index is -0.284. The van der Waals surface area contributed by atoms with Crippen molar-refractivity contribution in [1.82, 2.24) is 14.3 Å². The monoisotopic (exact) mass is 260 g/mol. The fraction of sp³-hybridized carbons (Fsp3) is 0.308. The molecular weight excluding hydrogens is 244 g/mol. The normalized spacial score (nSPS) is 10.5. The molecule has 0 N–H and O–H groups in total. The lowest BCUT2D eigenvalue weighted by molar-refractivity contribution is 0.0957. The van der Waals surface area contributed by atoms with Gasteiger partial charge in [-0.3, -0.25) is 9.59 Å². The van der Waals surface area contributed by atoms with Gasteiger partial charge in [0.05, 0.1) is 17.6 Å². The summed E-state index contributed by atoms with van der Waals surface area (Å²) in [6.45, 7) is -0.0512. The van der Waals surface area contributed by atoms with E-state index in [4.69, 9.17) is 0 Å². The predicted molar refractivity (Wildman–Crippen MR) is 72.6 cm³/mol. The summed E-state index contributed by atoms with van der Waals surface area (Å²) in [4.78, 5) is 25.7. The minimum Gasteiger partial charge on any atom is -0.376 e. The summed E-state index contributed by atoms with van der Waals surface area (Å²) in [5.41, 5.74) is 0.992. The van der Waals surface area contributed by atoms with Crippen molar-refractivity contribution in [3.05, 3.63) is 46.6 Å². The summed E-state index contributed by atoms with van der Waals surface area (Å²) < 4.78 is 2.89. The van der Waals surface area contributed by atoms with Gasteiger partial charge in [-0.15, -0.1) is 0 Å². The van der Waals surface area contributed by atoms with Gasteiger partial charge in [-0.1, -0.05) is 0 Å². The van der Waals surface area contributed by atoms with E-state index in [9.17, 15) is 9.59 Å². The second-order valence-electron chi connectivity index (χ2n) is 4.53. The molecule has 0 atom stereocenters. The van der Waals surface area contributed by atoms with Crippen molar-refractivity contribution in [2.45, 2.75) is 6.54 Å². The quantitative estimate of drug-likeness (QED) is 0.752. The van der Waals surface area contributed by atoms with E-state index in [-0.39, 0.29) is 17.9 Å². The SMILES string of the molecule is CN(C)c1cnn(CC(=O)c2cccn2C)c(=O)c1. The average molecular weight is 260 g/mol. The molecule has 0 aliphatic carbocycles. The fourth-order valence-electron chi connectivity index (χ4n) is 1.76. The molecule has 0 bridgehead atoms. The van der Waals surface area contributed by atoms with Crippen LogP contribution in [0, 0.1) is 0 Å². The highest BCUT2D eigenvalue weighted by atomic mass is 16.1. The Kier molecular flexibility index (Phi) is 3.50. The standard InChI is InChI=1S/C13H16N4O2/c1-15(2)10-7-13(19)17(14-8-10)9-12(18)11-5-4-6-16(11)3/h4-8H,9H2,1-3H3. The number of Topliss-reactive ketones (excluding diaryl/α,β-unsaturated/α-hetero) is 1. The molecule has 2 rings (SSSR count). The van der Waals surface area contributed by atoms with Crippen LogP contribution in [-0.2, 0) is 13.6 Å². The van der Waals surface area contributed by atoms with Crippen LogP contribution < -0.4 is 10.5 Å². The first-order valence-corrected chi connectivity index (χ1v) is 5.88. The van der Waals surface area contributed by atoms with Crippen molar-refractivity contribution in [2.24, 2.45) is 7.05 Å². The number of hydrogen-bond donors (Lipinski definition) is 0. The highest BCUT2D eigenvalue weighted by Crippen LogP contribution is 2.05. The average Bonchev–Trinajstić information content (AvgIpc) is 2.77. The molecule has 6 nitrogen and oxygen atoms in total. The van der Waals surface area contributed by atoms with Crippen LogP contribution in [0.2, 0.25) is 0 Å². The summed E-state index contributed by atoms with van der Waals surface area (Å²) in [7, 11) is 5.45. The van der Waals surface area contributed by atoms with Crippen LogP contribution in [-0.4, -0.2) is 34.2 Å². The molecular formula is C13H16N4O2. The van der Waals surface area contributed by atoms with Crippen LogP contribution in [0.4, 0.5) is 5.69 Å². The molecule has 0 saturated carbocycles. The highest BCUT2D eigenvalue weighted by Gasteiger charge is 2.11. The molecule has 0 unspecified atom stereocenters. The predicted octanol–water partition coefficient (Wildman–Crippen LogP) is 0.531. The van der Waals surface area contributed by atoms with Crippen LogP contribution in [0.3, 0.4) is 0 Å².